The van der Waals surface area contributed by atoms with Crippen molar-refractivity contribution in [3.05, 3.63) is 0 Å². The Hall–Kier alpha value is -0.490. The number of hydrogen-bond donors (Lipinski definition) is 4. The van der Waals surface area contributed by atoms with E-state index in [9.17, 15) is 5.11 Å². The molecule has 96 valence electrons. The molecular weight excluding hydrogens is 204 g/mol. The molecule has 0 radical (unpaired) electrons. The van der Waals surface area contributed by atoms with Crippen LogP contribution in [0, 0.1) is 0 Å². The first-order valence-corrected chi connectivity index (χ1v) is 5.74. The molecule has 0 fully saturated rings. The van der Waals surface area contributed by atoms with Crippen LogP contribution >= 0.6 is 0 Å². The molecule has 1 atom stereocenters. The summed E-state index contributed by atoms with van der Waals surface area (Å²) in [7, 11) is 0. The van der Waals surface area contributed by atoms with E-state index in [1.54, 1.807) is 0 Å². The third kappa shape index (κ3) is 7.76. The Balaban J connectivity index is 4.05. The van der Waals surface area contributed by atoms with Gasteiger partial charge in [0.05, 0.1) is 12.6 Å². The molecule has 0 saturated carbocycles. The van der Waals surface area contributed by atoms with Crippen LogP contribution in [0.4, 0.5) is 0 Å². The Morgan fingerprint density at radius 2 is 2.06 bits per heavy atom. The molecule has 0 aliphatic heterocycles. The van der Waals surface area contributed by atoms with Crippen molar-refractivity contribution in [2.24, 2.45) is 16.5 Å². The lowest BCUT2D eigenvalue weighted by Gasteiger charge is -2.26. The van der Waals surface area contributed by atoms with Crippen molar-refractivity contribution in [1.82, 2.24) is 5.32 Å². The second-order valence-electron chi connectivity index (χ2n) is 4.74. The Morgan fingerprint density at radius 3 is 2.56 bits per heavy atom. The van der Waals surface area contributed by atoms with Gasteiger partial charge < -0.3 is 21.9 Å². The van der Waals surface area contributed by atoms with Crippen LogP contribution in [-0.2, 0) is 0 Å². The van der Waals surface area contributed by atoms with E-state index >= 15 is 0 Å². The zero-order valence-corrected chi connectivity index (χ0v) is 10.7. The molecule has 0 aliphatic carbocycles. The van der Waals surface area contributed by atoms with Crippen molar-refractivity contribution in [3.63, 3.8) is 0 Å². The number of aliphatic hydroxyl groups is 1. The third-order valence-electron chi connectivity index (χ3n) is 2.29. The van der Waals surface area contributed by atoms with Crippen molar-refractivity contribution < 1.29 is 5.11 Å². The van der Waals surface area contributed by atoms with Gasteiger partial charge in [-0.25, -0.2) is 0 Å². The average Bonchev–Trinajstić information content (AvgIpc) is 2.22. The number of aliphatic hydroxyl groups excluding tert-OH is 1. The van der Waals surface area contributed by atoms with Gasteiger partial charge in [-0.15, -0.1) is 0 Å². The molecule has 5 nitrogen and oxygen atoms in total. The smallest absolute Gasteiger partial charge is 0.0857 e. The fourth-order valence-corrected chi connectivity index (χ4v) is 1.50. The summed E-state index contributed by atoms with van der Waals surface area (Å²) in [6.07, 6.45) is 0.305. The molecule has 0 spiro atoms. The van der Waals surface area contributed by atoms with E-state index in [0.717, 1.165) is 18.7 Å². The van der Waals surface area contributed by atoms with Gasteiger partial charge in [-0.1, -0.05) is 0 Å². The first-order valence-electron chi connectivity index (χ1n) is 5.74. The Bertz CT molecular complexity index is 216. The molecule has 16 heavy (non-hydrogen) atoms. The monoisotopic (exact) mass is 230 g/mol. The molecule has 1 unspecified atom stereocenters. The van der Waals surface area contributed by atoms with Crippen LogP contribution in [-0.4, -0.2) is 48.6 Å². The fourth-order valence-electron chi connectivity index (χ4n) is 1.50. The highest BCUT2D eigenvalue weighted by molar-refractivity contribution is 5.82. The van der Waals surface area contributed by atoms with E-state index in [1.807, 2.05) is 6.92 Å². The Kier molecular flexibility index (Phi) is 7.49. The van der Waals surface area contributed by atoms with Gasteiger partial charge in [0.2, 0.25) is 0 Å². The summed E-state index contributed by atoms with van der Waals surface area (Å²) in [5, 5.41) is 12.6. The van der Waals surface area contributed by atoms with Gasteiger partial charge in [0, 0.05) is 37.3 Å². The Morgan fingerprint density at radius 1 is 1.44 bits per heavy atom. The van der Waals surface area contributed by atoms with Crippen LogP contribution in [0.25, 0.3) is 0 Å². The lowest BCUT2D eigenvalue weighted by Crippen LogP contribution is -2.43. The van der Waals surface area contributed by atoms with E-state index in [-0.39, 0.29) is 12.1 Å². The maximum Gasteiger partial charge on any atom is 0.0857 e. The second-order valence-corrected chi connectivity index (χ2v) is 4.74. The summed E-state index contributed by atoms with van der Waals surface area (Å²) in [6, 6.07) is 0. The third-order valence-corrected chi connectivity index (χ3v) is 2.29. The predicted octanol–water partition coefficient (Wildman–Crippen LogP) is -0.516. The zero-order chi connectivity index (χ0) is 12.6. The summed E-state index contributed by atoms with van der Waals surface area (Å²) in [4.78, 5) is 4.30. The first kappa shape index (κ1) is 15.5. The minimum Gasteiger partial charge on any atom is -0.390 e. The molecule has 0 rings (SSSR count). The lowest BCUT2D eigenvalue weighted by molar-refractivity contribution is 0.191. The van der Waals surface area contributed by atoms with Crippen LogP contribution in [0.5, 0.6) is 0 Å². The van der Waals surface area contributed by atoms with Crippen LogP contribution in [0.15, 0.2) is 4.99 Å². The van der Waals surface area contributed by atoms with E-state index in [2.05, 4.69) is 24.2 Å². The highest BCUT2D eigenvalue weighted by Gasteiger charge is 2.17. The summed E-state index contributed by atoms with van der Waals surface area (Å²) in [5.74, 6) is 0. The van der Waals surface area contributed by atoms with Gasteiger partial charge >= 0.3 is 0 Å². The molecule has 0 amide bonds. The van der Waals surface area contributed by atoms with E-state index < -0.39 is 6.10 Å². The summed E-state index contributed by atoms with van der Waals surface area (Å²) < 4.78 is 0. The van der Waals surface area contributed by atoms with Gasteiger partial charge in [-0.2, -0.15) is 0 Å². The first-order chi connectivity index (χ1) is 7.41. The number of hydrogen-bond acceptors (Lipinski definition) is 5. The van der Waals surface area contributed by atoms with Gasteiger partial charge in [0.25, 0.3) is 0 Å². The maximum atomic E-state index is 9.28. The van der Waals surface area contributed by atoms with Crippen LogP contribution in [0.2, 0.25) is 0 Å². The molecule has 5 heteroatoms. The molecule has 0 aromatic heterocycles. The highest BCUT2D eigenvalue weighted by atomic mass is 16.3. The van der Waals surface area contributed by atoms with Crippen molar-refractivity contribution in [3.8, 4) is 0 Å². The van der Waals surface area contributed by atoms with Crippen LogP contribution in [0.1, 0.15) is 27.2 Å². The van der Waals surface area contributed by atoms with Crippen LogP contribution in [0.3, 0.4) is 0 Å². The largest absolute Gasteiger partial charge is 0.390 e. The molecular formula is C11H26N4O. The standard InChI is InChI=1S/C11H26N4O/c1-9(14-8-10(16)7-13)6-11(2,3)15-5-4-12/h10,15-16H,4-8,12-13H2,1-3H3. The van der Waals surface area contributed by atoms with Gasteiger partial charge in [-0.05, 0) is 20.8 Å². The summed E-state index contributed by atoms with van der Waals surface area (Å²) >= 11 is 0. The van der Waals surface area contributed by atoms with Gasteiger partial charge in [-0.3, -0.25) is 4.99 Å². The van der Waals surface area contributed by atoms with Crippen molar-refractivity contribution in [1.29, 1.82) is 0 Å². The molecule has 0 aromatic rings. The summed E-state index contributed by atoms with van der Waals surface area (Å²) in [6.45, 7) is 8.26. The van der Waals surface area contributed by atoms with E-state index in [0.29, 0.717) is 13.1 Å². The number of rotatable bonds is 8. The van der Waals surface area contributed by atoms with Crippen molar-refractivity contribution >= 4 is 5.71 Å². The fraction of sp³-hybridized carbons (Fsp3) is 0.909. The Labute approximate surface area is 98.3 Å². The number of nitrogens with zero attached hydrogens (tertiary/aromatic N) is 1. The van der Waals surface area contributed by atoms with E-state index in [1.165, 1.54) is 0 Å². The van der Waals surface area contributed by atoms with Crippen molar-refractivity contribution in [2.75, 3.05) is 26.2 Å². The minimum absolute atomic E-state index is 0.0133. The maximum absolute atomic E-state index is 9.28. The topological polar surface area (TPSA) is 96.7 Å². The molecule has 0 aliphatic rings. The molecule has 0 aromatic carbocycles. The average molecular weight is 230 g/mol. The molecule has 6 N–H and O–H groups in total. The van der Waals surface area contributed by atoms with Gasteiger partial charge in [0.15, 0.2) is 0 Å². The second kappa shape index (κ2) is 7.73. The predicted molar refractivity (Wildman–Crippen MR) is 68.8 cm³/mol. The molecule has 0 heterocycles. The van der Waals surface area contributed by atoms with Gasteiger partial charge in [0.1, 0.15) is 0 Å². The molecule has 0 saturated heterocycles. The quantitative estimate of drug-likeness (QED) is 0.422. The van der Waals surface area contributed by atoms with Crippen LogP contribution < -0.4 is 16.8 Å². The summed E-state index contributed by atoms with van der Waals surface area (Å²) in [5.41, 5.74) is 11.8. The molecule has 0 bridgehead atoms. The number of aliphatic imine (C=N–C) groups is 1. The number of nitrogens with two attached hydrogens (primary N) is 2. The van der Waals surface area contributed by atoms with Crippen molar-refractivity contribution in [2.45, 2.75) is 38.8 Å². The lowest BCUT2D eigenvalue weighted by atomic mass is 9.97. The van der Waals surface area contributed by atoms with E-state index in [4.69, 9.17) is 11.5 Å². The zero-order valence-electron chi connectivity index (χ0n) is 10.7. The SMILES string of the molecule is CC(CC(C)(C)NCCN)=NCC(O)CN. The number of nitrogens with one attached hydrogen (secondary N) is 1. The highest BCUT2D eigenvalue weighted by Crippen LogP contribution is 2.09. The normalized spacial score (nSPS) is 15.2. The minimum atomic E-state index is -0.532.